The molecule has 0 saturated carbocycles. The van der Waals surface area contributed by atoms with Gasteiger partial charge < -0.3 is 38.2 Å². The van der Waals surface area contributed by atoms with E-state index in [9.17, 15) is 9.59 Å². The summed E-state index contributed by atoms with van der Waals surface area (Å²) < 4.78 is 32.5. The number of methoxy groups -OCH3 is 6. The van der Waals surface area contributed by atoms with Crippen molar-refractivity contribution in [1.82, 2.24) is 9.80 Å². The molecule has 0 N–H and O–H groups in total. The molecule has 43 heavy (non-hydrogen) atoms. The normalized spacial score (nSPS) is 14.0. The highest BCUT2D eigenvalue weighted by Gasteiger charge is 2.20. The second kappa shape index (κ2) is 16.5. The fourth-order valence-corrected chi connectivity index (χ4v) is 4.67. The summed E-state index contributed by atoms with van der Waals surface area (Å²) in [5.74, 6) is 3.00. The van der Waals surface area contributed by atoms with Gasteiger partial charge in [0.15, 0.2) is 23.0 Å². The Kier molecular flexibility index (Phi) is 12.6. The number of nitrogens with zero attached hydrogens (tertiary/aromatic N) is 2. The van der Waals surface area contributed by atoms with Crippen molar-refractivity contribution >= 4 is 24.0 Å². The molecule has 1 fully saturated rings. The topological polar surface area (TPSA) is 96.0 Å². The third-order valence-electron chi connectivity index (χ3n) is 6.84. The summed E-state index contributed by atoms with van der Waals surface area (Å²) in [4.78, 5) is 29.1. The van der Waals surface area contributed by atoms with Gasteiger partial charge in [-0.2, -0.15) is 0 Å². The predicted octanol–water partition coefficient (Wildman–Crippen LogP) is 4.64. The number of amides is 2. The minimum atomic E-state index is -0.111. The molecule has 2 aromatic rings. The molecule has 0 unspecified atom stereocenters. The van der Waals surface area contributed by atoms with Gasteiger partial charge in [-0.25, -0.2) is 0 Å². The summed E-state index contributed by atoms with van der Waals surface area (Å²) in [6.07, 6.45) is 14.3. The largest absolute Gasteiger partial charge is 0.493 e. The van der Waals surface area contributed by atoms with Gasteiger partial charge in [-0.05, 0) is 30.7 Å². The maximum absolute atomic E-state index is 12.8. The zero-order valence-electron chi connectivity index (χ0n) is 25.6. The number of carbonyl (C=O) groups is 2. The lowest BCUT2D eigenvalue weighted by Gasteiger charge is -2.20. The van der Waals surface area contributed by atoms with Gasteiger partial charge in [-0.1, -0.05) is 36.5 Å². The Balaban J connectivity index is 1.56. The molecule has 0 atom stereocenters. The molecule has 0 bridgehead atoms. The molecule has 1 aliphatic heterocycles. The second-order valence-electron chi connectivity index (χ2n) is 9.29. The Morgan fingerprint density at radius 1 is 0.535 bits per heavy atom. The number of ether oxygens (including phenoxy) is 6. The van der Waals surface area contributed by atoms with Crippen LogP contribution in [0.1, 0.15) is 17.5 Å². The number of hydrogen-bond acceptors (Lipinski definition) is 8. The van der Waals surface area contributed by atoms with Crippen molar-refractivity contribution < 1.29 is 38.0 Å². The van der Waals surface area contributed by atoms with E-state index in [0.717, 1.165) is 11.1 Å². The van der Waals surface area contributed by atoms with Crippen molar-refractivity contribution in [3.63, 3.8) is 0 Å². The van der Waals surface area contributed by atoms with Crippen LogP contribution in [0.3, 0.4) is 0 Å². The van der Waals surface area contributed by atoms with E-state index < -0.39 is 0 Å². The van der Waals surface area contributed by atoms with Crippen molar-refractivity contribution in [2.24, 2.45) is 0 Å². The average molecular weight is 593 g/mol. The van der Waals surface area contributed by atoms with Crippen molar-refractivity contribution in [3.05, 3.63) is 71.8 Å². The Morgan fingerprint density at radius 2 is 0.930 bits per heavy atom. The van der Waals surface area contributed by atoms with Crippen LogP contribution in [0, 0.1) is 0 Å². The summed E-state index contributed by atoms with van der Waals surface area (Å²) >= 11 is 0. The standard InChI is InChI=1S/C33H40N2O8/c1-38-26-18-16-24(30(40-3)32(26)42-5)12-7-9-14-28(36)34-20-11-21-35(23-22-34)29(37)15-10-8-13-25-17-19-27(39-2)33(43-6)31(25)41-4/h7-10,12-19H,11,20-23H2,1-6H3/b12-7+,13-8+,14-9+,15-10+. The van der Waals surface area contributed by atoms with E-state index in [1.807, 2.05) is 24.3 Å². The van der Waals surface area contributed by atoms with Gasteiger partial charge in [0, 0.05) is 49.5 Å². The first-order valence-corrected chi connectivity index (χ1v) is 13.8. The van der Waals surface area contributed by atoms with Gasteiger partial charge >= 0.3 is 0 Å². The fourth-order valence-electron chi connectivity index (χ4n) is 4.67. The summed E-state index contributed by atoms with van der Waals surface area (Å²) in [6.45, 7) is 2.05. The van der Waals surface area contributed by atoms with Gasteiger partial charge in [-0.3, -0.25) is 9.59 Å². The van der Waals surface area contributed by atoms with E-state index in [2.05, 4.69) is 0 Å². The molecule has 1 saturated heterocycles. The lowest BCUT2D eigenvalue weighted by atomic mass is 10.1. The SMILES string of the molecule is COc1ccc(/C=C/C=C/C(=O)N2CCCN(C(=O)/C=C/C=C/c3ccc(OC)c(OC)c3OC)CC2)c(OC)c1OC. The van der Waals surface area contributed by atoms with Gasteiger partial charge in [0.1, 0.15) is 0 Å². The first-order chi connectivity index (χ1) is 20.9. The molecule has 2 amide bonds. The smallest absolute Gasteiger partial charge is 0.246 e. The number of hydrogen-bond donors (Lipinski definition) is 0. The van der Waals surface area contributed by atoms with Crippen LogP contribution in [0.15, 0.2) is 60.7 Å². The van der Waals surface area contributed by atoms with Crippen LogP contribution < -0.4 is 28.4 Å². The zero-order valence-corrected chi connectivity index (χ0v) is 25.6. The van der Waals surface area contributed by atoms with Gasteiger partial charge in [0.05, 0.1) is 42.7 Å². The summed E-state index contributed by atoms with van der Waals surface area (Å²) in [6, 6.07) is 7.29. The minimum absolute atomic E-state index is 0.111. The lowest BCUT2D eigenvalue weighted by Crippen LogP contribution is -2.36. The van der Waals surface area contributed by atoms with Crippen molar-refractivity contribution in [2.75, 3.05) is 68.8 Å². The minimum Gasteiger partial charge on any atom is -0.493 e. The van der Waals surface area contributed by atoms with E-state index in [-0.39, 0.29) is 11.8 Å². The summed E-state index contributed by atoms with van der Waals surface area (Å²) in [5, 5.41) is 0. The number of rotatable bonds is 12. The second-order valence-corrected chi connectivity index (χ2v) is 9.29. The lowest BCUT2D eigenvalue weighted by molar-refractivity contribution is -0.128. The van der Waals surface area contributed by atoms with E-state index in [0.29, 0.717) is 67.1 Å². The van der Waals surface area contributed by atoms with Crippen molar-refractivity contribution in [3.8, 4) is 34.5 Å². The molecule has 0 aromatic heterocycles. The maximum Gasteiger partial charge on any atom is 0.246 e. The average Bonchev–Trinajstić information content (AvgIpc) is 3.30. The highest BCUT2D eigenvalue weighted by molar-refractivity contribution is 5.89. The van der Waals surface area contributed by atoms with E-state index in [4.69, 9.17) is 28.4 Å². The summed E-state index contributed by atoms with van der Waals surface area (Å²) in [5.41, 5.74) is 1.57. The molecule has 3 rings (SSSR count). The zero-order chi connectivity index (χ0) is 31.2. The molecule has 2 aromatic carbocycles. The molecular formula is C33H40N2O8. The summed E-state index contributed by atoms with van der Waals surface area (Å²) in [7, 11) is 9.35. The number of allylic oxidation sites excluding steroid dienone is 4. The molecule has 1 heterocycles. The molecule has 0 aliphatic carbocycles. The van der Waals surface area contributed by atoms with Crippen LogP contribution in [0.4, 0.5) is 0 Å². The van der Waals surface area contributed by atoms with Gasteiger partial charge in [-0.15, -0.1) is 0 Å². The quantitative estimate of drug-likeness (QED) is 0.260. The van der Waals surface area contributed by atoms with Crippen LogP contribution in [0.5, 0.6) is 34.5 Å². The van der Waals surface area contributed by atoms with Crippen molar-refractivity contribution in [1.29, 1.82) is 0 Å². The Morgan fingerprint density at radius 3 is 1.28 bits per heavy atom. The molecular weight excluding hydrogens is 552 g/mol. The van der Waals surface area contributed by atoms with E-state index in [1.54, 1.807) is 88.9 Å². The third kappa shape index (κ3) is 8.34. The third-order valence-corrected chi connectivity index (χ3v) is 6.84. The van der Waals surface area contributed by atoms with E-state index >= 15 is 0 Å². The van der Waals surface area contributed by atoms with Crippen LogP contribution in [0.2, 0.25) is 0 Å². The fraction of sp³-hybridized carbons (Fsp3) is 0.333. The monoisotopic (exact) mass is 592 g/mol. The van der Waals surface area contributed by atoms with Gasteiger partial charge in [0.2, 0.25) is 23.3 Å². The molecule has 10 nitrogen and oxygen atoms in total. The molecule has 10 heteroatoms. The first kappa shape index (κ1) is 32.7. The highest BCUT2D eigenvalue weighted by atomic mass is 16.5. The van der Waals surface area contributed by atoms with E-state index in [1.165, 1.54) is 12.2 Å². The Bertz CT molecular complexity index is 1280. The molecule has 0 radical (unpaired) electrons. The number of carbonyl (C=O) groups excluding carboxylic acids is 2. The van der Waals surface area contributed by atoms with Crippen LogP contribution >= 0.6 is 0 Å². The first-order valence-electron chi connectivity index (χ1n) is 13.8. The van der Waals surface area contributed by atoms with Crippen LogP contribution in [0.25, 0.3) is 12.2 Å². The predicted molar refractivity (Wildman–Crippen MR) is 166 cm³/mol. The molecule has 1 aliphatic rings. The molecule has 230 valence electrons. The Hall–Kier alpha value is -4.86. The molecule has 0 spiro atoms. The van der Waals surface area contributed by atoms with Crippen LogP contribution in [-0.2, 0) is 9.59 Å². The Labute approximate surface area is 253 Å². The van der Waals surface area contributed by atoms with Crippen LogP contribution in [-0.4, -0.2) is 90.5 Å². The number of benzene rings is 2. The highest BCUT2D eigenvalue weighted by Crippen LogP contribution is 2.41. The van der Waals surface area contributed by atoms with Gasteiger partial charge in [0.25, 0.3) is 0 Å². The maximum atomic E-state index is 12.8. The van der Waals surface area contributed by atoms with Crippen molar-refractivity contribution in [2.45, 2.75) is 6.42 Å².